The van der Waals surface area contributed by atoms with Crippen molar-refractivity contribution in [2.24, 2.45) is 0 Å². The van der Waals surface area contributed by atoms with Crippen LogP contribution in [0.25, 0.3) is 0 Å². The summed E-state index contributed by atoms with van der Waals surface area (Å²) >= 11 is 0. The van der Waals surface area contributed by atoms with Gasteiger partial charge in [-0.15, -0.1) is 0 Å². The fourth-order valence-electron chi connectivity index (χ4n) is 1.92. The van der Waals surface area contributed by atoms with Crippen molar-refractivity contribution in [3.63, 3.8) is 0 Å². The summed E-state index contributed by atoms with van der Waals surface area (Å²) in [7, 11) is 0. The number of imidazole rings is 1. The van der Waals surface area contributed by atoms with Gasteiger partial charge in [-0.1, -0.05) is 6.92 Å². The first-order valence-electron chi connectivity index (χ1n) is 5.77. The molecule has 1 aliphatic heterocycles. The van der Waals surface area contributed by atoms with E-state index in [4.69, 9.17) is 0 Å². The van der Waals surface area contributed by atoms with Gasteiger partial charge in [-0.05, 0) is 6.42 Å². The van der Waals surface area contributed by atoms with Crippen LogP contribution in [0.2, 0.25) is 0 Å². The first kappa shape index (κ1) is 11.8. The Bertz CT molecular complexity index is 402. The van der Waals surface area contributed by atoms with Crippen LogP contribution in [0.1, 0.15) is 25.5 Å². The molecule has 92 valence electrons. The molecular weight excluding hydrogens is 220 g/mol. The van der Waals surface area contributed by atoms with Crippen molar-refractivity contribution in [3.05, 3.63) is 18.2 Å². The number of imide groups is 1. The molecule has 2 amide bonds. The van der Waals surface area contributed by atoms with Crippen molar-refractivity contribution in [3.8, 4) is 0 Å². The summed E-state index contributed by atoms with van der Waals surface area (Å²) in [4.78, 5) is 31.6. The van der Waals surface area contributed by atoms with Gasteiger partial charge in [-0.25, -0.2) is 4.98 Å². The Morgan fingerprint density at radius 3 is 3.06 bits per heavy atom. The first-order chi connectivity index (χ1) is 8.22. The Balaban J connectivity index is 1.90. The number of carbonyl (C=O) groups is 2. The molecule has 1 atom stereocenters. The van der Waals surface area contributed by atoms with Crippen LogP contribution >= 0.6 is 0 Å². The number of hydrogen-bond donors (Lipinski definition) is 2. The predicted molar refractivity (Wildman–Crippen MR) is 60.8 cm³/mol. The van der Waals surface area contributed by atoms with Crippen LogP contribution in [0.3, 0.4) is 0 Å². The number of nitrogens with zero attached hydrogens (tertiary/aromatic N) is 2. The van der Waals surface area contributed by atoms with Gasteiger partial charge in [0, 0.05) is 25.0 Å². The minimum absolute atomic E-state index is 0.0843. The molecule has 1 fully saturated rings. The van der Waals surface area contributed by atoms with Crippen LogP contribution < -0.4 is 5.32 Å². The molecule has 2 rings (SSSR count). The van der Waals surface area contributed by atoms with Crippen molar-refractivity contribution < 1.29 is 9.59 Å². The van der Waals surface area contributed by atoms with E-state index in [2.05, 4.69) is 15.3 Å². The third-order valence-corrected chi connectivity index (χ3v) is 2.78. The second-order valence-corrected chi connectivity index (χ2v) is 4.10. The Kier molecular flexibility index (Phi) is 3.53. The van der Waals surface area contributed by atoms with Gasteiger partial charge in [0.25, 0.3) is 0 Å². The standard InChI is InChI=1S/C11H16N4O2/c1-2-3-15-10(16)4-9(11(15)17)13-6-8-5-12-7-14-8/h5,7,9,13H,2-4,6H2,1H3,(H,12,14). The van der Waals surface area contributed by atoms with Gasteiger partial charge in [0.15, 0.2) is 0 Å². The van der Waals surface area contributed by atoms with Crippen molar-refractivity contribution in [1.29, 1.82) is 0 Å². The fourth-order valence-corrected chi connectivity index (χ4v) is 1.92. The molecule has 0 saturated carbocycles. The lowest BCUT2D eigenvalue weighted by Gasteiger charge is -2.13. The summed E-state index contributed by atoms with van der Waals surface area (Å²) < 4.78 is 0. The fraction of sp³-hybridized carbons (Fsp3) is 0.545. The van der Waals surface area contributed by atoms with Crippen LogP contribution in [0, 0.1) is 0 Å². The van der Waals surface area contributed by atoms with Crippen LogP contribution in [0.5, 0.6) is 0 Å². The molecule has 6 heteroatoms. The average Bonchev–Trinajstić information content (AvgIpc) is 2.90. The number of hydrogen-bond acceptors (Lipinski definition) is 4. The van der Waals surface area contributed by atoms with Crippen LogP contribution in [0.4, 0.5) is 0 Å². The molecule has 0 aromatic carbocycles. The lowest BCUT2D eigenvalue weighted by atomic mass is 10.2. The second kappa shape index (κ2) is 5.09. The zero-order valence-corrected chi connectivity index (χ0v) is 9.77. The number of rotatable bonds is 5. The minimum Gasteiger partial charge on any atom is -0.347 e. The summed E-state index contributed by atoms with van der Waals surface area (Å²) in [5.74, 6) is -0.199. The molecule has 17 heavy (non-hydrogen) atoms. The number of likely N-dealkylation sites (tertiary alicyclic amines) is 1. The maximum absolute atomic E-state index is 11.9. The lowest BCUT2D eigenvalue weighted by molar-refractivity contribution is -0.138. The van der Waals surface area contributed by atoms with Crippen molar-refractivity contribution in [1.82, 2.24) is 20.2 Å². The number of amides is 2. The molecule has 2 N–H and O–H groups in total. The van der Waals surface area contributed by atoms with Crippen LogP contribution in [-0.4, -0.2) is 39.3 Å². The van der Waals surface area contributed by atoms with Crippen molar-refractivity contribution in [2.45, 2.75) is 32.4 Å². The highest BCUT2D eigenvalue weighted by Crippen LogP contribution is 2.13. The van der Waals surface area contributed by atoms with Crippen molar-refractivity contribution in [2.75, 3.05) is 6.54 Å². The number of H-pyrrole nitrogens is 1. The predicted octanol–water partition coefficient (Wildman–Crippen LogP) is 0.0368. The molecular formula is C11H16N4O2. The van der Waals surface area contributed by atoms with Gasteiger partial charge >= 0.3 is 0 Å². The number of aromatic amines is 1. The highest BCUT2D eigenvalue weighted by atomic mass is 16.2. The van der Waals surface area contributed by atoms with Gasteiger partial charge in [-0.2, -0.15) is 0 Å². The molecule has 0 bridgehead atoms. The highest BCUT2D eigenvalue weighted by Gasteiger charge is 2.37. The van der Waals surface area contributed by atoms with E-state index in [9.17, 15) is 9.59 Å². The van der Waals surface area contributed by atoms with Gasteiger partial charge in [-0.3, -0.25) is 19.8 Å². The van der Waals surface area contributed by atoms with Crippen LogP contribution in [0.15, 0.2) is 12.5 Å². The second-order valence-electron chi connectivity index (χ2n) is 4.10. The Morgan fingerprint density at radius 2 is 2.41 bits per heavy atom. The largest absolute Gasteiger partial charge is 0.347 e. The molecule has 1 aromatic heterocycles. The maximum Gasteiger partial charge on any atom is 0.246 e. The minimum atomic E-state index is -0.391. The van der Waals surface area contributed by atoms with Gasteiger partial charge < -0.3 is 4.98 Å². The summed E-state index contributed by atoms with van der Waals surface area (Å²) in [5.41, 5.74) is 0.902. The highest BCUT2D eigenvalue weighted by molar-refractivity contribution is 6.05. The molecule has 6 nitrogen and oxygen atoms in total. The lowest BCUT2D eigenvalue weighted by Crippen LogP contribution is -2.38. The number of carbonyl (C=O) groups excluding carboxylic acids is 2. The third-order valence-electron chi connectivity index (χ3n) is 2.78. The van der Waals surface area contributed by atoms with E-state index < -0.39 is 6.04 Å². The molecule has 2 heterocycles. The average molecular weight is 236 g/mol. The van der Waals surface area contributed by atoms with Gasteiger partial charge in [0.05, 0.1) is 18.8 Å². The van der Waals surface area contributed by atoms with Crippen molar-refractivity contribution >= 4 is 11.8 Å². The number of nitrogens with one attached hydrogen (secondary N) is 2. The van der Waals surface area contributed by atoms with Crippen LogP contribution in [-0.2, 0) is 16.1 Å². The Labute approximate surface area is 99.4 Å². The Morgan fingerprint density at radius 1 is 1.59 bits per heavy atom. The topological polar surface area (TPSA) is 78.1 Å². The quantitative estimate of drug-likeness (QED) is 0.707. The summed E-state index contributed by atoms with van der Waals surface area (Å²) in [5, 5.41) is 3.07. The summed E-state index contributed by atoms with van der Waals surface area (Å²) in [6.07, 6.45) is 4.33. The maximum atomic E-state index is 11.9. The van der Waals surface area contributed by atoms with E-state index in [1.54, 1.807) is 12.5 Å². The SMILES string of the molecule is CCCN1C(=O)CC(NCc2cnc[nH]2)C1=O. The van der Waals surface area contributed by atoms with E-state index in [0.29, 0.717) is 13.1 Å². The monoisotopic (exact) mass is 236 g/mol. The van der Waals surface area contributed by atoms with Gasteiger partial charge in [0.2, 0.25) is 11.8 Å². The van der Waals surface area contributed by atoms with E-state index in [1.807, 2.05) is 6.92 Å². The third kappa shape index (κ3) is 2.52. The molecule has 1 saturated heterocycles. The zero-order valence-electron chi connectivity index (χ0n) is 9.77. The van der Waals surface area contributed by atoms with Gasteiger partial charge in [0.1, 0.15) is 0 Å². The molecule has 0 spiro atoms. The Hall–Kier alpha value is -1.69. The zero-order chi connectivity index (χ0) is 12.3. The van der Waals surface area contributed by atoms with E-state index >= 15 is 0 Å². The first-order valence-corrected chi connectivity index (χ1v) is 5.77. The van der Waals surface area contributed by atoms with E-state index in [1.165, 1.54) is 4.90 Å². The normalized spacial score (nSPS) is 20.3. The molecule has 1 unspecified atom stereocenters. The summed E-state index contributed by atoms with van der Waals surface area (Å²) in [6.45, 7) is 2.98. The smallest absolute Gasteiger partial charge is 0.246 e. The molecule has 1 aliphatic rings. The number of aromatic nitrogens is 2. The van der Waals surface area contributed by atoms with E-state index in [-0.39, 0.29) is 18.2 Å². The molecule has 1 aromatic rings. The summed E-state index contributed by atoms with van der Waals surface area (Å²) in [6, 6.07) is -0.391. The van der Waals surface area contributed by atoms with E-state index in [0.717, 1.165) is 12.1 Å². The molecule has 0 radical (unpaired) electrons. The molecule has 0 aliphatic carbocycles.